The highest BCUT2D eigenvalue weighted by Gasteiger charge is 2.26. The third-order valence-corrected chi connectivity index (χ3v) is 6.13. The second kappa shape index (κ2) is 8.25. The molecule has 4 heterocycles. The zero-order chi connectivity index (χ0) is 16.9. The van der Waals surface area contributed by atoms with Crippen LogP contribution in [-0.2, 0) is 6.54 Å². The van der Waals surface area contributed by atoms with Gasteiger partial charge in [0.1, 0.15) is 0 Å². The lowest BCUT2D eigenvalue weighted by Gasteiger charge is -2.38. The summed E-state index contributed by atoms with van der Waals surface area (Å²) in [6.45, 7) is 5.63. The fraction of sp³-hybridized carbons (Fsp3) is 0.579. The van der Waals surface area contributed by atoms with Gasteiger partial charge in [-0.2, -0.15) is 0 Å². The fourth-order valence-electron chi connectivity index (χ4n) is 3.99. The molecule has 0 radical (unpaired) electrons. The fourth-order valence-corrected chi connectivity index (χ4v) is 4.74. The van der Waals surface area contributed by atoms with Crippen molar-refractivity contribution in [1.29, 1.82) is 0 Å². The first-order chi connectivity index (χ1) is 12.4. The van der Waals surface area contributed by atoms with Crippen LogP contribution < -0.4 is 10.2 Å². The summed E-state index contributed by atoms with van der Waals surface area (Å²) in [7, 11) is 0. The largest absolute Gasteiger partial charge is 0.341 e. The van der Waals surface area contributed by atoms with Gasteiger partial charge >= 0.3 is 0 Å². The summed E-state index contributed by atoms with van der Waals surface area (Å²) >= 11 is 1.87. The first-order valence-electron chi connectivity index (χ1n) is 9.39. The van der Waals surface area contributed by atoms with Crippen LogP contribution in [0, 0.1) is 0 Å². The van der Waals surface area contributed by atoms with Crippen molar-refractivity contribution in [3.8, 4) is 0 Å². The number of thiophene rings is 1. The Kier molecular flexibility index (Phi) is 5.59. The van der Waals surface area contributed by atoms with Gasteiger partial charge in [0.15, 0.2) is 0 Å². The summed E-state index contributed by atoms with van der Waals surface area (Å²) in [6.07, 6.45) is 8.63. The number of nitrogens with one attached hydrogen (secondary N) is 1. The third kappa shape index (κ3) is 4.57. The molecule has 0 aliphatic carbocycles. The van der Waals surface area contributed by atoms with Crippen molar-refractivity contribution in [2.75, 3.05) is 31.1 Å². The number of nitrogens with zero attached hydrogens (tertiary/aromatic N) is 4. The lowest BCUT2D eigenvalue weighted by molar-refractivity contribution is 0.172. The molecule has 1 atom stereocenters. The number of piperidine rings is 2. The van der Waals surface area contributed by atoms with Gasteiger partial charge in [-0.05, 0) is 49.7 Å². The van der Waals surface area contributed by atoms with E-state index in [4.69, 9.17) is 0 Å². The van der Waals surface area contributed by atoms with Crippen molar-refractivity contribution < 1.29 is 0 Å². The zero-order valence-electron chi connectivity index (χ0n) is 14.7. The Labute approximate surface area is 154 Å². The predicted molar refractivity (Wildman–Crippen MR) is 103 cm³/mol. The molecule has 134 valence electrons. The Morgan fingerprint density at radius 1 is 1.04 bits per heavy atom. The van der Waals surface area contributed by atoms with E-state index in [1.165, 1.54) is 43.6 Å². The highest BCUT2D eigenvalue weighted by molar-refractivity contribution is 7.09. The number of likely N-dealkylation sites (tertiary alicyclic amines) is 1. The number of hydrogen-bond donors (Lipinski definition) is 1. The van der Waals surface area contributed by atoms with E-state index < -0.39 is 0 Å². The van der Waals surface area contributed by atoms with Crippen molar-refractivity contribution in [2.24, 2.45) is 0 Å². The first-order valence-corrected chi connectivity index (χ1v) is 10.3. The standard InChI is InChI=1S/C19H27N5S/c1-4-17(14-23(10-1)15-18-5-2-13-25-18)22-16-6-11-24(12-7-16)19-20-8-3-9-21-19/h2-3,5,8-9,13,16-17,22H,1,4,6-7,10-12,14-15H2. The molecule has 2 saturated heterocycles. The van der Waals surface area contributed by atoms with E-state index in [1.54, 1.807) is 0 Å². The summed E-state index contributed by atoms with van der Waals surface area (Å²) in [6, 6.07) is 7.56. The van der Waals surface area contributed by atoms with Gasteiger partial charge in [0.2, 0.25) is 5.95 Å². The van der Waals surface area contributed by atoms with Crippen LogP contribution in [0.3, 0.4) is 0 Å². The Balaban J connectivity index is 1.24. The highest BCUT2D eigenvalue weighted by atomic mass is 32.1. The molecule has 25 heavy (non-hydrogen) atoms. The van der Waals surface area contributed by atoms with Gasteiger partial charge in [-0.1, -0.05) is 6.07 Å². The number of hydrogen-bond acceptors (Lipinski definition) is 6. The van der Waals surface area contributed by atoms with Crippen LogP contribution in [-0.4, -0.2) is 53.1 Å². The summed E-state index contributed by atoms with van der Waals surface area (Å²) in [4.78, 5) is 15.2. The maximum Gasteiger partial charge on any atom is 0.225 e. The molecule has 1 unspecified atom stereocenters. The normalized spacial score (nSPS) is 23.0. The average molecular weight is 358 g/mol. The van der Waals surface area contributed by atoms with Gasteiger partial charge in [-0.3, -0.25) is 4.90 Å². The molecule has 0 aromatic carbocycles. The predicted octanol–water partition coefficient (Wildman–Crippen LogP) is 2.76. The minimum absolute atomic E-state index is 0.631. The van der Waals surface area contributed by atoms with Crippen molar-refractivity contribution in [1.82, 2.24) is 20.2 Å². The molecule has 2 aliphatic rings. The van der Waals surface area contributed by atoms with E-state index in [1.807, 2.05) is 29.8 Å². The zero-order valence-corrected chi connectivity index (χ0v) is 15.5. The highest BCUT2D eigenvalue weighted by Crippen LogP contribution is 2.20. The topological polar surface area (TPSA) is 44.3 Å². The van der Waals surface area contributed by atoms with E-state index in [0.29, 0.717) is 12.1 Å². The molecule has 2 fully saturated rings. The van der Waals surface area contributed by atoms with Crippen LogP contribution in [0.2, 0.25) is 0 Å². The lowest BCUT2D eigenvalue weighted by Crippen LogP contribution is -2.51. The van der Waals surface area contributed by atoms with Crippen LogP contribution in [0.5, 0.6) is 0 Å². The minimum Gasteiger partial charge on any atom is -0.341 e. The van der Waals surface area contributed by atoms with Gasteiger partial charge in [-0.25, -0.2) is 9.97 Å². The molecule has 0 bridgehead atoms. The maximum atomic E-state index is 4.38. The molecule has 5 nitrogen and oxygen atoms in total. The van der Waals surface area contributed by atoms with Gasteiger partial charge in [-0.15, -0.1) is 11.3 Å². The van der Waals surface area contributed by atoms with Gasteiger partial charge in [0.25, 0.3) is 0 Å². The SMILES string of the molecule is c1cnc(N2CCC(NC3CCCN(Cc4cccs4)C3)CC2)nc1. The molecule has 2 aromatic heterocycles. The monoisotopic (exact) mass is 357 g/mol. The van der Waals surface area contributed by atoms with Gasteiger partial charge < -0.3 is 10.2 Å². The van der Waals surface area contributed by atoms with Crippen molar-refractivity contribution >= 4 is 17.3 Å². The summed E-state index contributed by atoms with van der Waals surface area (Å²) in [5, 5.41) is 6.11. The smallest absolute Gasteiger partial charge is 0.225 e. The number of rotatable bonds is 5. The van der Waals surface area contributed by atoms with E-state index in [2.05, 4.69) is 42.6 Å². The van der Waals surface area contributed by atoms with E-state index in [0.717, 1.165) is 25.6 Å². The Morgan fingerprint density at radius 2 is 1.88 bits per heavy atom. The molecule has 2 aromatic rings. The van der Waals surface area contributed by atoms with Crippen molar-refractivity contribution in [3.05, 3.63) is 40.8 Å². The number of anilines is 1. The lowest BCUT2D eigenvalue weighted by atomic mass is 10.00. The molecule has 0 spiro atoms. The van der Waals surface area contributed by atoms with Crippen molar-refractivity contribution in [2.45, 2.75) is 44.3 Å². The van der Waals surface area contributed by atoms with Crippen LogP contribution >= 0.6 is 11.3 Å². The molecule has 6 heteroatoms. The molecule has 0 amide bonds. The molecular weight excluding hydrogens is 330 g/mol. The molecule has 0 saturated carbocycles. The van der Waals surface area contributed by atoms with Crippen molar-refractivity contribution in [3.63, 3.8) is 0 Å². The molecule has 4 rings (SSSR count). The Bertz CT molecular complexity index is 625. The third-order valence-electron chi connectivity index (χ3n) is 5.27. The van der Waals surface area contributed by atoms with Crippen LogP contribution in [0.15, 0.2) is 36.0 Å². The van der Waals surface area contributed by atoms with Crippen LogP contribution in [0.1, 0.15) is 30.6 Å². The first kappa shape index (κ1) is 16.9. The van der Waals surface area contributed by atoms with E-state index in [9.17, 15) is 0 Å². The minimum atomic E-state index is 0.631. The maximum absolute atomic E-state index is 4.38. The van der Waals surface area contributed by atoms with Gasteiger partial charge in [0, 0.05) is 55.5 Å². The Morgan fingerprint density at radius 3 is 2.64 bits per heavy atom. The molecule has 2 aliphatic heterocycles. The summed E-state index contributed by atoms with van der Waals surface area (Å²) in [5.74, 6) is 0.876. The van der Waals surface area contributed by atoms with Crippen LogP contribution in [0.4, 0.5) is 5.95 Å². The molecule has 1 N–H and O–H groups in total. The summed E-state index contributed by atoms with van der Waals surface area (Å²) < 4.78 is 0. The second-order valence-electron chi connectivity index (χ2n) is 7.13. The van der Waals surface area contributed by atoms with E-state index in [-0.39, 0.29) is 0 Å². The van der Waals surface area contributed by atoms with Crippen LogP contribution in [0.25, 0.3) is 0 Å². The van der Waals surface area contributed by atoms with E-state index >= 15 is 0 Å². The Hall–Kier alpha value is -1.50. The second-order valence-corrected chi connectivity index (χ2v) is 8.16. The summed E-state index contributed by atoms with van der Waals surface area (Å²) in [5.41, 5.74) is 0. The number of aromatic nitrogens is 2. The average Bonchev–Trinajstić information content (AvgIpc) is 3.16. The quantitative estimate of drug-likeness (QED) is 0.891. The molecular formula is C19H27N5S. The van der Waals surface area contributed by atoms with Gasteiger partial charge in [0.05, 0.1) is 0 Å².